The highest BCUT2D eigenvalue weighted by Gasteiger charge is 2.03. The van der Waals surface area contributed by atoms with Gasteiger partial charge in [-0.05, 0) is 5.56 Å². The lowest BCUT2D eigenvalue weighted by Gasteiger charge is -1.95. The first-order chi connectivity index (χ1) is 7.83. The van der Waals surface area contributed by atoms with Crippen LogP contribution in [0.3, 0.4) is 0 Å². The maximum Gasteiger partial charge on any atom is 0.187 e. The first-order valence-corrected chi connectivity index (χ1v) is 5.50. The zero-order valence-electron chi connectivity index (χ0n) is 8.34. The van der Waals surface area contributed by atoms with Gasteiger partial charge in [0, 0.05) is 5.38 Å². The van der Waals surface area contributed by atoms with Gasteiger partial charge in [0.2, 0.25) is 0 Å². The van der Waals surface area contributed by atoms with E-state index in [2.05, 4.69) is 15.9 Å². The van der Waals surface area contributed by atoms with Gasteiger partial charge in [0.1, 0.15) is 5.01 Å². The van der Waals surface area contributed by atoms with Crippen molar-refractivity contribution in [1.29, 1.82) is 5.26 Å². The Morgan fingerprint density at radius 3 is 2.75 bits per heavy atom. The minimum atomic E-state index is 0.352. The van der Waals surface area contributed by atoms with Crippen LogP contribution in [-0.4, -0.2) is 4.98 Å². The van der Waals surface area contributed by atoms with Gasteiger partial charge in [-0.1, -0.05) is 24.3 Å². The fraction of sp³-hybridized carbons (Fsp3) is 0.0833. The smallest absolute Gasteiger partial charge is 0.187 e. The van der Waals surface area contributed by atoms with Crippen LogP contribution < -0.4 is 0 Å². The number of nitriles is 1. The highest BCUT2D eigenvalue weighted by molar-refractivity contribution is 7.10. The number of benzene rings is 1. The van der Waals surface area contributed by atoms with Gasteiger partial charge in [-0.15, -0.1) is 11.3 Å². The predicted molar refractivity (Wildman–Crippen MR) is 63.1 cm³/mol. The topological polar surface area (TPSA) is 41.0 Å². The Hall–Kier alpha value is -2.17. The molecule has 0 aliphatic heterocycles. The van der Waals surface area contributed by atoms with E-state index in [-0.39, 0.29) is 0 Å². The molecule has 1 heterocycles. The molecular weight excluding hydrogens is 218 g/mol. The molecule has 0 radical (unpaired) electrons. The monoisotopic (exact) mass is 225 g/mol. The van der Waals surface area contributed by atoms with E-state index in [0.29, 0.717) is 12.1 Å². The van der Waals surface area contributed by atoms with Crippen molar-refractivity contribution in [2.24, 2.45) is 0 Å². The van der Waals surface area contributed by atoms with Crippen molar-refractivity contribution in [1.82, 2.24) is 4.98 Å². The van der Waals surface area contributed by atoms with Gasteiger partial charge >= 0.3 is 0 Å². The van der Waals surface area contributed by atoms with Crippen LogP contribution in [0.4, 0.5) is 5.69 Å². The molecule has 4 heteroatoms. The molecule has 0 spiro atoms. The highest BCUT2D eigenvalue weighted by Crippen LogP contribution is 2.24. The molecule has 0 saturated carbocycles. The summed E-state index contributed by atoms with van der Waals surface area (Å²) >= 11 is 1.48. The van der Waals surface area contributed by atoms with Gasteiger partial charge in [-0.25, -0.2) is 9.83 Å². The molecule has 0 amide bonds. The average molecular weight is 225 g/mol. The van der Waals surface area contributed by atoms with E-state index in [1.807, 2.05) is 17.5 Å². The van der Waals surface area contributed by atoms with Crippen molar-refractivity contribution in [3.8, 4) is 17.3 Å². The zero-order chi connectivity index (χ0) is 11.4. The fourth-order valence-electron chi connectivity index (χ4n) is 1.30. The Bertz CT molecular complexity index is 570. The standard InChI is InChI=1S/C12H7N3S/c1-14-10-4-2-9(3-5-10)11-8-16-12(15-11)6-7-13/h2-5,8H,6H2. The van der Waals surface area contributed by atoms with Gasteiger partial charge in [0.25, 0.3) is 0 Å². The van der Waals surface area contributed by atoms with E-state index in [1.54, 1.807) is 12.1 Å². The maximum atomic E-state index is 8.55. The maximum absolute atomic E-state index is 8.55. The van der Waals surface area contributed by atoms with Crippen LogP contribution in [0, 0.1) is 17.9 Å². The summed E-state index contributed by atoms with van der Waals surface area (Å²) in [7, 11) is 0. The summed E-state index contributed by atoms with van der Waals surface area (Å²) in [5.74, 6) is 0. The normalized spacial score (nSPS) is 9.38. The van der Waals surface area contributed by atoms with Gasteiger partial charge in [-0.2, -0.15) is 5.26 Å². The molecule has 2 rings (SSSR count). The number of hydrogen-bond donors (Lipinski definition) is 0. The fourth-order valence-corrected chi connectivity index (χ4v) is 2.03. The summed E-state index contributed by atoms with van der Waals surface area (Å²) in [5.41, 5.74) is 2.47. The molecule has 0 saturated heterocycles. The summed E-state index contributed by atoms with van der Waals surface area (Å²) in [6.45, 7) is 6.85. The van der Waals surface area contributed by atoms with Crippen molar-refractivity contribution in [2.45, 2.75) is 6.42 Å². The molecule has 0 aliphatic carbocycles. The minimum absolute atomic E-state index is 0.352. The van der Waals surface area contributed by atoms with Crippen molar-refractivity contribution in [3.63, 3.8) is 0 Å². The quantitative estimate of drug-likeness (QED) is 0.735. The molecule has 3 nitrogen and oxygen atoms in total. The van der Waals surface area contributed by atoms with Crippen molar-refractivity contribution in [2.75, 3.05) is 0 Å². The third-order valence-electron chi connectivity index (χ3n) is 2.07. The number of thiazole rings is 1. The van der Waals surface area contributed by atoms with E-state index in [1.165, 1.54) is 11.3 Å². The summed E-state index contributed by atoms with van der Waals surface area (Å²) in [6.07, 6.45) is 0.352. The minimum Gasteiger partial charge on any atom is -0.240 e. The SMILES string of the molecule is [C-]#[N+]c1ccc(-c2csc(CC#N)n2)cc1. The lowest BCUT2D eigenvalue weighted by atomic mass is 10.1. The van der Waals surface area contributed by atoms with Crippen LogP contribution in [-0.2, 0) is 6.42 Å². The molecule has 0 unspecified atom stereocenters. The Balaban J connectivity index is 2.29. The van der Waals surface area contributed by atoms with Gasteiger partial charge in [0.05, 0.1) is 24.8 Å². The van der Waals surface area contributed by atoms with Crippen molar-refractivity contribution >= 4 is 17.0 Å². The lowest BCUT2D eigenvalue weighted by molar-refractivity contribution is 1.19. The van der Waals surface area contributed by atoms with Crippen molar-refractivity contribution in [3.05, 3.63) is 46.1 Å². The lowest BCUT2D eigenvalue weighted by Crippen LogP contribution is -1.80. The second kappa shape index (κ2) is 4.57. The van der Waals surface area contributed by atoms with E-state index >= 15 is 0 Å². The van der Waals surface area contributed by atoms with E-state index < -0.39 is 0 Å². The Labute approximate surface area is 97.4 Å². The zero-order valence-corrected chi connectivity index (χ0v) is 9.16. The summed E-state index contributed by atoms with van der Waals surface area (Å²) in [6, 6.07) is 9.36. The third kappa shape index (κ3) is 2.08. The second-order valence-corrected chi connectivity index (χ2v) is 4.06. The highest BCUT2D eigenvalue weighted by atomic mass is 32.1. The van der Waals surface area contributed by atoms with E-state index in [9.17, 15) is 0 Å². The number of rotatable bonds is 2. The van der Waals surface area contributed by atoms with Gasteiger partial charge in [0.15, 0.2) is 5.69 Å². The van der Waals surface area contributed by atoms with Crippen LogP contribution >= 0.6 is 11.3 Å². The Morgan fingerprint density at radius 1 is 1.38 bits per heavy atom. The molecule has 2 aromatic rings. The molecular formula is C12H7N3S. The third-order valence-corrected chi connectivity index (χ3v) is 2.92. The van der Waals surface area contributed by atoms with Crippen LogP contribution in [0.1, 0.15) is 5.01 Å². The molecule has 76 valence electrons. The van der Waals surface area contributed by atoms with E-state index in [0.717, 1.165) is 16.3 Å². The van der Waals surface area contributed by atoms with Crippen LogP contribution in [0.2, 0.25) is 0 Å². The van der Waals surface area contributed by atoms with Crippen LogP contribution in [0.15, 0.2) is 29.6 Å². The Morgan fingerprint density at radius 2 is 2.12 bits per heavy atom. The number of aromatic nitrogens is 1. The molecule has 0 aliphatic rings. The van der Waals surface area contributed by atoms with E-state index in [4.69, 9.17) is 11.8 Å². The Kier molecular flexibility index (Phi) is 2.95. The molecule has 1 aromatic carbocycles. The van der Waals surface area contributed by atoms with Gasteiger partial charge < -0.3 is 0 Å². The summed E-state index contributed by atoms with van der Waals surface area (Å²) < 4.78 is 0. The molecule has 0 N–H and O–H groups in total. The van der Waals surface area contributed by atoms with Crippen LogP contribution in [0.5, 0.6) is 0 Å². The number of hydrogen-bond acceptors (Lipinski definition) is 3. The molecule has 0 atom stereocenters. The first-order valence-electron chi connectivity index (χ1n) is 4.63. The average Bonchev–Trinajstić information content (AvgIpc) is 2.78. The van der Waals surface area contributed by atoms with Crippen LogP contribution in [0.25, 0.3) is 16.1 Å². The predicted octanol–water partition coefficient (Wildman–Crippen LogP) is 3.43. The first kappa shape index (κ1) is 10.4. The number of nitrogens with zero attached hydrogens (tertiary/aromatic N) is 3. The molecule has 1 aromatic heterocycles. The van der Waals surface area contributed by atoms with Gasteiger partial charge in [-0.3, -0.25) is 0 Å². The molecule has 16 heavy (non-hydrogen) atoms. The second-order valence-electron chi connectivity index (χ2n) is 3.12. The summed E-state index contributed by atoms with van der Waals surface area (Å²) in [4.78, 5) is 7.67. The molecule has 0 bridgehead atoms. The summed E-state index contributed by atoms with van der Waals surface area (Å²) in [5, 5.41) is 11.3. The van der Waals surface area contributed by atoms with Crippen molar-refractivity contribution < 1.29 is 0 Å². The largest absolute Gasteiger partial charge is 0.240 e. The molecule has 0 fully saturated rings.